The Balaban J connectivity index is 2.22. The van der Waals surface area contributed by atoms with Crippen molar-refractivity contribution in [1.82, 2.24) is 4.98 Å². The molecule has 1 aromatic carbocycles. The molecule has 8 heteroatoms. The Labute approximate surface area is 122 Å². The topological polar surface area (TPSA) is 62.2 Å². The number of halogens is 3. The van der Waals surface area contributed by atoms with Crippen LogP contribution in [-0.2, 0) is 12.7 Å². The standard InChI is InChI=1S/C13H11F3N2O2S/c1-7-5-18-11(21-7)6-17-8-2-3-10(13(14,15)16)9(4-8)12(19)20/h2-5,17H,6H2,1H3,(H,19,20). The number of hydrogen-bond donors (Lipinski definition) is 2. The summed E-state index contributed by atoms with van der Waals surface area (Å²) in [6.45, 7) is 2.21. The first-order chi connectivity index (χ1) is 9.77. The average Bonchev–Trinajstić information content (AvgIpc) is 2.80. The lowest BCUT2D eigenvalue weighted by molar-refractivity contribution is -0.138. The number of benzene rings is 1. The Bertz CT molecular complexity index is 668. The fraction of sp³-hybridized carbons (Fsp3) is 0.231. The first-order valence-electron chi connectivity index (χ1n) is 5.87. The molecule has 0 fully saturated rings. The molecule has 0 aliphatic rings. The molecule has 0 radical (unpaired) electrons. The summed E-state index contributed by atoms with van der Waals surface area (Å²) < 4.78 is 38.1. The zero-order valence-electron chi connectivity index (χ0n) is 10.9. The molecular formula is C13H11F3N2O2S. The second kappa shape index (κ2) is 5.72. The molecular weight excluding hydrogens is 305 g/mol. The van der Waals surface area contributed by atoms with Crippen molar-refractivity contribution in [2.45, 2.75) is 19.6 Å². The molecule has 0 aliphatic carbocycles. The van der Waals surface area contributed by atoms with Gasteiger partial charge in [0.2, 0.25) is 0 Å². The van der Waals surface area contributed by atoms with E-state index < -0.39 is 23.3 Å². The van der Waals surface area contributed by atoms with Crippen LogP contribution in [0.25, 0.3) is 0 Å². The van der Waals surface area contributed by atoms with Crippen LogP contribution in [0.1, 0.15) is 25.8 Å². The number of anilines is 1. The molecule has 2 aromatic rings. The Morgan fingerprint density at radius 2 is 2.14 bits per heavy atom. The van der Waals surface area contributed by atoms with Crippen LogP contribution >= 0.6 is 11.3 Å². The number of alkyl halides is 3. The maximum atomic E-state index is 12.7. The molecule has 0 unspecified atom stereocenters. The Hall–Kier alpha value is -2.09. The van der Waals surface area contributed by atoms with E-state index in [9.17, 15) is 18.0 Å². The highest BCUT2D eigenvalue weighted by atomic mass is 32.1. The van der Waals surface area contributed by atoms with Crippen molar-refractivity contribution < 1.29 is 23.1 Å². The molecule has 1 heterocycles. The van der Waals surface area contributed by atoms with Gasteiger partial charge in [0.1, 0.15) is 5.01 Å². The molecule has 0 saturated heterocycles. The number of carbonyl (C=O) groups is 1. The quantitative estimate of drug-likeness (QED) is 0.901. The van der Waals surface area contributed by atoms with E-state index in [4.69, 9.17) is 5.11 Å². The molecule has 4 nitrogen and oxygen atoms in total. The Kier molecular flexibility index (Phi) is 4.17. The number of rotatable bonds is 4. The van der Waals surface area contributed by atoms with Gasteiger partial charge in [-0.05, 0) is 25.1 Å². The van der Waals surface area contributed by atoms with E-state index >= 15 is 0 Å². The summed E-state index contributed by atoms with van der Waals surface area (Å²) in [6, 6.07) is 2.94. The fourth-order valence-electron chi connectivity index (χ4n) is 1.74. The van der Waals surface area contributed by atoms with Crippen molar-refractivity contribution in [3.63, 3.8) is 0 Å². The lowest BCUT2D eigenvalue weighted by atomic mass is 10.1. The van der Waals surface area contributed by atoms with Crippen LogP contribution < -0.4 is 5.32 Å². The average molecular weight is 316 g/mol. The number of thiazole rings is 1. The Morgan fingerprint density at radius 3 is 2.67 bits per heavy atom. The number of hydrogen-bond acceptors (Lipinski definition) is 4. The molecule has 0 spiro atoms. The molecule has 2 rings (SSSR count). The first-order valence-corrected chi connectivity index (χ1v) is 6.69. The lowest BCUT2D eigenvalue weighted by Gasteiger charge is -2.12. The molecule has 0 atom stereocenters. The van der Waals surface area contributed by atoms with E-state index in [1.54, 1.807) is 6.20 Å². The summed E-state index contributed by atoms with van der Waals surface area (Å²) in [7, 11) is 0. The first kappa shape index (κ1) is 15.3. The van der Waals surface area contributed by atoms with Gasteiger partial charge in [0, 0.05) is 16.8 Å². The third-order valence-corrected chi connectivity index (χ3v) is 3.58. The van der Waals surface area contributed by atoms with Crippen LogP contribution in [0.5, 0.6) is 0 Å². The highest BCUT2D eigenvalue weighted by molar-refractivity contribution is 7.11. The normalized spacial score (nSPS) is 11.4. The molecule has 0 aliphatic heterocycles. The van der Waals surface area contributed by atoms with Crippen molar-refractivity contribution in [2.24, 2.45) is 0 Å². The molecule has 0 amide bonds. The van der Waals surface area contributed by atoms with Gasteiger partial charge in [0.05, 0.1) is 17.7 Å². The molecule has 2 N–H and O–H groups in total. The number of carboxylic acids is 1. The summed E-state index contributed by atoms with van der Waals surface area (Å²) in [4.78, 5) is 16.1. The number of aryl methyl sites for hydroxylation is 1. The number of nitrogens with zero attached hydrogens (tertiary/aromatic N) is 1. The zero-order chi connectivity index (χ0) is 15.6. The van der Waals surface area contributed by atoms with Gasteiger partial charge in [-0.25, -0.2) is 9.78 Å². The van der Waals surface area contributed by atoms with Crippen molar-refractivity contribution in [3.05, 3.63) is 45.4 Å². The van der Waals surface area contributed by atoms with E-state index in [1.165, 1.54) is 17.4 Å². The summed E-state index contributed by atoms with van der Waals surface area (Å²) >= 11 is 1.45. The number of aromatic carboxylic acids is 1. The maximum Gasteiger partial charge on any atom is 0.417 e. The molecule has 0 bridgehead atoms. The predicted molar refractivity (Wildman–Crippen MR) is 72.6 cm³/mol. The molecule has 0 saturated carbocycles. The minimum atomic E-state index is -4.70. The lowest BCUT2D eigenvalue weighted by Crippen LogP contribution is -2.13. The summed E-state index contributed by atoms with van der Waals surface area (Å²) in [5.41, 5.74) is -1.64. The van der Waals surface area contributed by atoms with Crippen LogP contribution in [0.4, 0.5) is 18.9 Å². The van der Waals surface area contributed by atoms with E-state index in [-0.39, 0.29) is 0 Å². The third kappa shape index (κ3) is 3.72. The molecule has 21 heavy (non-hydrogen) atoms. The molecule has 1 aromatic heterocycles. The van der Waals surface area contributed by atoms with E-state index in [2.05, 4.69) is 10.3 Å². The fourth-order valence-corrected chi connectivity index (χ4v) is 2.47. The smallest absolute Gasteiger partial charge is 0.417 e. The second-order valence-electron chi connectivity index (χ2n) is 4.28. The second-order valence-corrected chi connectivity index (χ2v) is 5.60. The number of nitrogens with one attached hydrogen (secondary N) is 1. The zero-order valence-corrected chi connectivity index (χ0v) is 11.7. The van der Waals surface area contributed by atoms with Gasteiger partial charge in [0.25, 0.3) is 0 Å². The minimum Gasteiger partial charge on any atom is -0.478 e. The monoisotopic (exact) mass is 316 g/mol. The van der Waals surface area contributed by atoms with Gasteiger partial charge in [-0.1, -0.05) is 0 Å². The van der Waals surface area contributed by atoms with Crippen molar-refractivity contribution in [3.8, 4) is 0 Å². The number of carboxylic acid groups (broad SMARTS) is 1. The van der Waals surface area contributed by atoms with Crippen molar-refractivity contribution in [1.29, 1.82) is 0 Å². The van der Waals surface area contributed by atoms with Gasteiger partial charge < -0.3 is 10.4 Å². The van der Waals surface area contributed by atoms with E-state index in [0.717, 1.165) is 22.0 Å². The van der Waals surface area contributed by atoms with Gasteiger partial charge in [-0.2, -0.15) is 13.2 Å². The van der Waals surface area contributed by atoms with Crippen LogP contribution in [0, 0.1) is 6.92 Å². The van der Waals surface area contributed by atoms with Gasteiger partial charge in [0.15, 0.2) is 0 Å². The highest BCUT2D eigenvalue weighted by Crippen LogP contribution is 2.33. The van der Waals surface area contributed by atoms with E-state index in [0.29, 0.717) is 12.2 Å². The summed E-state index contributed by atoms with van der Waals surface area (Å²) in [5, 5.41) is 12.5. The van der Waals surface area contributed by atoms with Crippen LogP contribution in [0.2, 0.25) is 0 Å². The van der Waals surface area contributed by atoms with Crippen molar-refractivity contribution in [2.75, 3.05) is 5.32 Å². The van der Waals surface area contributed by atoms with Crippen LogP contribution in [0.15, 0.2) is 24.4 Å². The van der Waals surface area contributed by atoms with Gasteiger partial charge in [-0.15, -0.1) is 11.3 Å². The van der Waals surface area contributed by atoms with Gasteiger partial charge in [-0.3, -0.25) is 0 Å². The SMILES string of the molecule is Cc1cnc(CNc2ccc(C(F)(F)F)c(C(=O)O)c2)s1. The largest absolute Gasteiger partial charge is 0.478 e. The third-order valence-electron chi connectivity index (χ3n) is 2.67. The van der Waals surface area contributed by atoms with Crippen LogP contribution in [0.3, 0.4) is 0 Å². The maximum absolute atomic E-state index is 12.7. The summed E-state index contributed by atoms with van der Waals surface area (Å²) in [5.74, 6) is -1.61. The highest BCUT2D eigenvalue weighted by Gasteiger charge is 2.35. The Morgan fingerprint density at radius 1 is 1.43 bits per heavy atom. The van der Waals surface area contributed by atoms with Gasteiger partial charge >= 0.3 is 12.1 Å². The van der Waals surface area contributed by atoms with Crippen molar-refractivity contribution >= 4 is 23.0 Å². The molecule has 112 valence electrons. The summed E-state index contributed by atoms with van der Waals surface area (Å²) in [6.07, 6.45) is -3.00. The number of aromatic nitrogens is 1. The predicted octanol–water partition coefficient (Wildman–Crippen LogP) is 3.78. The van der Waals surface area contributed by atoms with E-state index in [1.807, 2.05) is 6.92 Å². The minimum absolute atomic E-state index is 0.299. The van der Waals surface area contributed by atoms with Crippen LogP contribution in [-0.4, -0.2) is 16.1 Å².